The molecule has 6 aromatic rings. The van der Waals surface area contributed by atoms with Gasteiger partial charge in [-0.2, -0.15) is 0 Å². The highest BCUT2D eigenvalue weighted by molar-refractivity contribution is 6.14. The van der Waals surface area contributed by atoms with Gasteiger partial charge < -0.3 is 8.98 Å². The average molecular weight is 347 g/mol. The fourth-order valence-electron chi connectivity index (χ4n) is 4.35. The molecule has 0 saturated heterocycles. The minimum atomic E-state index is 0.936. The van der Waals surface area contributed by atoms with Gasteiger partial charge in [0.05, 0.1) is 0 Å². The number of nitrogens with zero attached hydrogens (tertiary/aromatic N) is 1. The van der Waals surface area contributed by atoms with Gasteiger partial charge in [-0.05, 0) is 41.5 Å². The van der Waals surface area contributed by atoms with Crippen LogP contribution < -0.4 is 0 Å². The Morgan fingerprint density at radius 3 is 2.30 bits per heavy atom. The van der Waals surface area contributed by atoms with E-state index in [1.807, 2.05) is 12.1 Å². The Hall–Kier alpha value is -3.52. The first kappa shape index (κ1) is 14.6. The van der Waals surface area contributed by atoms with Crippen molar-refractivity contribution in [3.05, 3.63) is 84.9 Å². The highest BCUT2D eigenvalue weighted by Crippen LogP contribution is 2.38. The standard InChI is InChI=1S/C25H17NO/c1-26-21-10-4-2-7-18(21)20-15-16(13-14-22(20)26)17-9-6-12-24-25(17)19-8-3-5-11-23(19)27-24/h2-15H,1H3. The summed E-state index contributed by atoms with van der Waals surface area (Å²) in [5.41, 5.74) is 6.82. The van der Waals surface area contributed by atoms with Crippen LogP contribution in [0.25, 0.3) is 54.9 Å². The molecule has 27 heavy (non-hydrogen) atoms. The quantitative estimate of drug-likeness (QED) is 0.316. The smallest absolute Gasteiger partial charge is 0.136 e. The molecule has 0 bridgehead atoms. The normalized spacial score (nSPS) is 11.9. The van der Waals surface area contributed by atoms with Crippen molar-refractivity contribution in [2.24, 2.45) is 7.05 Å². The molecule has 0 unspecified atom stereocenters. The molecule has 0 aliphatic carbocycles. The summed E-state index contributed by atoms with van der Waals surface area (Å²) in [5.74, 6) is 0. The summed E-state index contributed by atoms with van der Waals surface area (Å²) in [6.07, 6.45) is 0. The van der Waals surface area contributed by atoms with E-state index in [1.54, 1.807) is 0 Å². The van der Waals surface area contributed by atoms with Crippen LogP contribution in [0.4, 0.5) is 0 Å². The van der Waals surface area contributed by atoms with E-state index in [2.05, 4.69) is 84.4 Å². The van der Waals surface area contributed by atoms with Crippen molar-refractivity contribution < 1.29 is 4.42 Å². The number of fused-ring (bicyclic) bond motifs is 6. The Morgan fingerprint density at radius 1 is 0.630 bits per heavy atom. The lowest BCUT2D eigenvalue weighted by molar-refractivity contribution is 0.669. The second-order valence-corrected chi connectivity index (χ2v) is 7.09. The minimum absolute atomic E-state index is 0.936. The maximum Gasteiger partial charge on any atom is 0.136 e. The molecule has 0 amide bonds. The van der Waals surface area contributed by atoms with Crippen LogP contribution >= 0.6 is 0 Å². The fraction of sp³-hybridized carbons (Fsp3) is 0.0400. The van der Waals surface area contributed by atoms with E-state index in [9.17, 15) is 0 Å². The Bertz CT molecular complexity index is 1480. The van der Waals surface area contributed by atoms with Crippen molar-refractivity contribution in [1.29, 1.82) is 0 Å². The third-order valence-electron chi connectivity index (χ3n) is 5.63. The van der Waals surface area contributed by atoms with E-state index in [0.717, 1.165) is 11.2 Å². The van der Waals surface area contributed by atoms with Gasteiger partial charge in [-0.25, -0.2) is 0 Å². The number of hydrogen-bond donors (Lipinski definition) is 0. The van der Waals surface area contributed by atoms with Crippen LogP contribution in [-0.2, 0) is 7.05 Å². The van der Waals surface area contributed by atoms with Crippen molar-refractivity contribution in [2.75, 3.05) is 0 Å². The van der Waals surface area contributed by atoms with Gasteiger partial charge in [-0.3, -0.25) is 0 Å². The monoisotopic (exact) mass is 347 g/mol. The summed E-state index contributed by atoms with van der Waals surface area (Å²) < 4.78 is 8.34. The Kier molecular flexibility index (Phi) is 2.84. The number of aromatic nitrogens is 1. The second-order valence-electron chi connectivity index (χ2n) is 7.09. The van der Waals surface area contributed by atoms with Gasteiger partial charge in [0.25, 0.3) is 0 Å². The van der Waals surface area contributed by atoms with E-state index in [0.29, 0.717) is 0 Å². The summed E-state index contributed by atoms with van der Waals surface area (Å²) >= 11 is 0. The molecule has 2 aromatic heterocycles. The molecular formula is C25H17NO. The SMILES string of the molecule is Cn1c2ccccc2c2cc(-c3cccc4oc5ccccc5c34)ccc21. The van der Waals surface area contributed by atoms with Gasteiger partial charge in [-0.15, -0.1) is 0 Å². The maximum absolute atomic E-state index is 6.07. The third kappa shape index (κ3) is 1.95. The Labute approximate surface area is 156 Å². The molecule has 0 saturated carbocycles. The molecule has 0 atom stereocenters. The van der Waals surface area contributed by atoms with Crippen molar-refractivity contribution in [2.45, 2.75) is 0 Å². The van der Waals surface area contributed by atoms with E-state index in [-0.39, 0.29) is 0 Å². The number of benzene rings is 4. The maximum atomic E-state index is 6.07. The molecule has 0 aliphatic rings. The van der Waals surface area contributed by atoms with Crippen LogP contribution in [0.15, 0.2) is 89.3 Å². The first-order valence-electron chi connectivity index (χ1n) is 9.19. The average Bonchev–Trinajstić information content (AvgIpc) is 3.24. The van der Waals surface area contributed by atoms with Crippen molar-refractivity contribution in [3.63, 3.8) is 0 Å². The van der Waals surface area contributed by atoms with Crippen LogP contribution in [0.1, 0.15) is 0 Å². The van der Waals surface area contributed by atoms with Crippen LogP contribution in [0.2, 0.25) is 0 Å². The van der Waals surface area contributed by atoms with Gasteiger partial charge in [0.2, 0.25) is 0 Å². The molecule has 0 N–H and O–H groups in total. The minimum Gasteiger partial charge on any atom is -0.456 e. The van der Waals surface area contributed by atoms with E-state index >= 15 is 0 Å². The van der Waals surface area contributed by atoms with E-state index in [4.69, 9.17) is 4.42 Å². The van der Waals surface area contributed by atoms with E-state index < -0.39 is 0 Å². The molecule has 0 spiro atoms. The van der Waals surface area contributed by atoms with Gasteiger partial charge in [0, 0.05) is 39.6 Å². The first-order chi connectivity index (χ1) is 13.3. The lowest BCUT2D eigenvalue weighted by Gasteiger charge is -2.05. The molecule has 0 fully saturated rings. The summed E-state index contributed by atoms with van der Waals surface area (Å²) in [4.78, 5) is 0. The van der Waals surface area contributed by atoms with Crippen LogP contribution in [0.3, 0.4) is 0 Å². The molecule has 128 valence electrons. The molecule has 2 nitrogen and oxygen atoms in total. The van der Waals surface area contributed by atoms with Crippen LogP contribution in [0.5, 0.6) is 0 Å². The highest BCUT2D eigenvalue weighted by atomic mass is 16.3. The second kappa shape index (κ2) is 5.24. The zero-order valence-electron chi connectivity index (χ0n) is 14.9. The fourth-order valence-corrected chi connectivity index (χ4v) is 4.35. The van der Waals surface area contributed by atoms with Gasteiger partial charge in [0.1, 0.15) is 11.2 Å². The highest BCUT2D eigenvalue weighted by Gasteiger charge is 2.14. The number of rotatable bonds is 1. The Balaban J connectivity index is 1.72. The predicted molar refractivity (Wildman–Crippen MR) is 113 cm³/mol. The van der Waals surface area contributed by atoms with Crippen molar-refractivity contribution >= 4 is 43.7 Å². The van der Waals surface area contributed by atoms with Crippen LogP contribution in [0, 0.1) is 0 Å². The molecule has 0 radical (unpaired) electrons. The number of hydrogen-bond acceptors (Lipinski definition) is 1. The van der Waals surface area contributed by atoms with E-state index in [1.165, 1.54) is 43.7 Å². The largest absolute Gasteiger partial charge is 0.456 e. The molecule has 4 aromatic carbocycles. The van der Waals surface area contributed by atoms with Gasteiger partial charge in [0.15, 0.2) is 0 Å². The van der Waals surface area contributed by atoms with Crippen molar-refractivity contribution in [1.82, 2.24) is 4.57 Å². The predicted octanol–water partition coefficient (Wildman–Crippen LogP) is 6.90. The zero-order chi connectivity index (χ0) is 18.0. The zero-order valence-corrected chi connectivity index (χ0v) is 14.9. The molecule has 2 heterocycles. The van der Waals surface area contributed by atoms with Crippen LogP contribution in [-0.4, -0.2) is 4.57 Å². The topological polar surface area (TPSA) is 18.1 Å². The molecule has 6 rings (SSSR count). The van der Waals surface area contributed by atoms with Gasteiger partial charge >= 0.3 is 0 Å². The summed E-state index contributed by atoms with van der Waals surface area (Å²) in [6, 6.07) is 29.9. The molecule has 2 heteroatoms. The Morgan fingerprint density at radius 2 is 1.37 bits per heavy atom. The summed E-state index contributed by atoms with van der Waals surface area (Å²) in [7, 11) is 2.13. The molecule has 0 aliphatic heterocycles. The van der Waals surface area contributed by atoms with Gasteiger partial charge in [-0.1, -0.05) is 54.6 Å². The summed E-state index contributed by atoms with van der Waals surface area (Å²) in [5, 5.41) is 4.94. The lowest BCUT2D eigenvalue weighted by atomic mass is 9.98. The lowest BCUT2D eigenvalue weighted by Crippen LogP contribution is -1.86. The molecular weight excluding hydrogens is 330 g/mol. The van der Waals surface area contributed by atoms with Crippen molar-refractivity contribution in [3.8, 4) is 11.1 Å². The third-order valence-corrected chi connectivity index (χ3v) is 5.63. The number of para-hydroxylation sites is 2. The summed E-state index contributed by atoms with van der Waals surface area (Å²) in [6.45, 7) is 0. The number of aryl methyl sites for hydroxylation is 1. The number of furan rings is 1. The first-order valence-corrected chi connectivity index (χ1v) is 9.19.